The highest BCUT2D eigenvalue weighted by Crippen LogP contribution is 2.20. The number of anilines is 1. The quantitative estimate of drug-likeness (QED) is 0.868. The minimum Gasteiger partial charge on any atom is -0.465 e. The Hall–Kier alpha value is -1.88. The number of methoxy groups -OCH3 is 1. The van der Waals surface area contributed by atoms with E-state index in [1.165, 1.54) is 13.5 Å². The molecular formula is C17H24N2O3. The average Bonchev–Trinajstić information content (AvgIpc) is 2.45. The van der Waals surface area contributed by atoms with Crippen molar-refractivity contribution in [1.82, 2.24) is 4.90 Å². The van der Waals surface area contributed by atoms with E-state index in [0.717, 1.165) is 13.1 Å². The van der Waals surface area contributed by atoms with Gasteiger partial charge in [-0.2, -0.15) is 0 Å². The van der Waals surface area contributed by atoms with Crippen molar-refractivity contribution < 1.29 is 14.3 Å². The van der Waals surface area contributed by atoms with Crippen molar-refractivity contribution in [3.05, 3.63) is 29.8 Å². The SMILES string of the molecule is COC(=O)c1cccc(NC(=O)CN2CC(C)CC(C)C2)c1. The summed E-state index contributed by atoms with van der Waals surface area (Å²) < 4.78 is 4.68. The molecule has 0 aromatic heterocycles. The average molecular weight is 304 g/mol. The fraction of sp³-hybridized carbons (Fsp3) is 0.529. The molecule has 1 fully saturated rings. The predicted octanol–water partition coefficient (Wildman–Crippen LogP) is 2.39. The van der Waals surface area contributed by atoms with Crippen LogP contribution in [0.3, 0.4) is 0 Å². The number of hydrogen-bond donors (Lipinski definition) is 1. The Kier molecular flexibility index (Phi) is 5.55. The zero-order valence-corrected chi connectivity index (χ0v) is 13.5. The van der Waals surface area contributed by atoms with E-state index < -0.39 is 5.97 Å². The number of amides is 1. The van der Waals surface area contributed by atoms with E-state index in [0.29, 0.717) is 29.6 Å². The number of nitrogens with one attached hydrogen (secondary N) is 1. The molecule has 1 heterocycles. The summed E-state index contributed by atoms with van der Waals surface area (Å²) in [5.74, 6) is 0.788. The molecule has 2 rings (SSSR count). The number of carbonyl (C=O) groups excluding carboxylic acids is 2. The minimum absolute atomic E-state index is 0.0525. The normalized spacial score (nSPS) is 22.1. The Labute approximate surface area is 131 Å². The van der Waals surface area contributed by atoms with Crippen LogP contribution < -0.4 is 5.32 Å². The Bertz CT molecular complexity index is 534. The number of nitrogens with zero attached hydrogens (tertiary/aromatic N) is 1. The molecule has 2 atom stereocenters. The molecule has 1 amide bonds. The van der Waals surface area contributed by atoms with Crippen LogP contribution in [0.1, 0.15) is 30.6 Å². The first kappa shape index (κ1) is 16.5. The summed E-state index contributed by atoms with van der Waals surface area (Å²) in [7, 11) is 1.34. The van der Waals surface area contributed by atoms with Gasteiger partial charge >= 0.3 is 5.97 Å². The van der Waals surface area contributed by atoms with Crippen LogP contribution in [0.4, 0.5) is 5.69 Å². The monoisotopic (exact) mass is 304 g/mol. The molecule has 2 unspecified atom stereocenters. The highest BCUT2D eigenvalue weighted by Gasteiger charge is 2.23. The number of likely N-dealkylation sites (tertiary alicyclic amines) is 1. The summed E-state index contributed by atoms with van der Waals surface area (Å²) in [6, 6.07) is 6.79. The molecule has 1 aliphatic rings. The second-order valence-electron chi connectivity index (χ2n) is 6.26. The number of piperidine rings is 1. The number of carbonyl (C=O) groups is 2. The standard InChI is InChI=1S/C17H24N2O3/c1-12-7-13(2)10-19(9-12)11-16(20)18-15-6-4-5-14(8-15)17(21)22-3/h4-6,8,12-13H,7,9-11H2,1-3H3,(H,18,20). The maximum Gasteiger partial charge on any atom is 0.337 e. The summed E-state index contributed by atoms with van der Waals surface area (Å²) in [5.41, 5.74) is 1.05. The Morgan fingerprint density at radius 3 is 2.59 bits per heavy atom. The summed E-state index contributed by atoms with van der Waals surface area (Å²) in [6.07, 6.45) is 1.22. The van der Waals surface area contributed by atoms with Crippen LogP contribution in [-0.2, 0) is 9.53 Å². The van der Waals surface area contributed by atoms with Gasteiger partial charge in [0.15, 0.2) is 0 Å². The van der Waals surface area contributed by atoms with Crippen molar-refractivity contribution in [2.24, 2.45) is 11.8 Å². The van der Waals surface area contributed by atoms with Gasteiger partial charge in [-0.1, -0.05) is 19.9 Å². The number of hydrogen-bond acceptors (Lipinski definition) is 4. The molecule has 0 saturated carbocycles. The van der Waals surface area contributed by atoms with E-state index in [2.05, 4.69) is 28.8 Å². The van der Waals surface area contributed by atoms with E-state index >= 15 is 0 Å². The first-order valence-electron chi connectivity index (χ1n) is 7.68. The fourth-order valence-electron chi connectivity index (χ4n) is 3.17. The second-order valence-corrected chi connectivity index (χ2v) is 6.26. The summed E-state index contributed by atoms with van der Waals surface area (Å²) in [4.78, 5) is 25.9. The van der Waals surface area contributed by atoms with Crippen LogP contribution in [0.25, 0.3) is 0 Å². The molecular weight excluding hydrogens is 280 g/mol. The highest BCUT2D eigenvalue weighted by atomic mass is 16.5. The van der Waals surface area contributed by atoms with Gasteiger partial charge in [0.2, 0.25) is 5.91 Å². The van der Waals surface area contributed by atoms with Gasteiger partial charge in [-0.15, -0.1) is 0 Å². The topological polar surface area (TPSA) is 58.6 Å². The lowest BCUT2D eigenvalue weighted by Gasteiger charge is -2.34. The Morgan fingerprint density at radius 1 is 1.27 bits per heavy atom. The lowest BCUT2D eigenvalue weighted by atomic mass is 9.92. The molecule has 0 bridgehead atoms. The minimum atomic E-state index is -0.408. The number of ether oxygens (including phenoxy) is 1. The third-order valence-electron chi connectivity index (χ3n) is 3.88. The molecule has 1 aromatic rings. The van der Waals surface area contributed by atoms with Crippen molar-refractivity contribution in [3.63, 3.8) is 0 Å². The lowest BCUT2D eigenvalue weighted by Crippen LogP contribution is -2.42. The van der Waals surface area contributed by atoms with E-state index in [1.807, 2.05) is 0 Å². The molecule has 5 heteroatoms. The van der Waals surface area contributed by atoms with E-state index in [9.17, 15) is 9.59 Å². The molecule has 1 aliphatic heterocycles. The molecule has 0 aliphatic carbocycles. The lowest BCUT2D eigenvalue weighted by molar-refractivity contribution is -0.117. The molecule has 1 aromatic carbocycles. The van der Waals surface area contributed by atoms with E-state index in [-0.39, 0.29) is 5.91 Å². The van der Waals surface area contributed by atoms with Crippen LogP contribution in [0.5, 0.6) is 0 Å². The number of esters is 1. The van der Waals surface area contributed by atoms with Crippen LogP contribution in [0.15, 0.2) is 24.3 Å². The van der Waals surface area contributed by atoms with Crippen molar-refractivity contribution in [2.45, 2.75) is 20.3 Å². The van der Waals surface area contributed by atoms with Crippen LogP contribution in [0, 0.1) is 11.8 Å². The fourth-order valence-corrected chi connectivity index (χ4v) is 3.17. The molecule has 1 N–H and O–H groups in total. The smallest absolute Gasteiger partial charge is 0.337 e. The molecule has 5 nitrogen and oxygen atoms in total. The Morgan fingerprint density at radius 2 is 1.95 bits per heavy atom. The summed E-state index contributed by atoms with van der Waals surface area (Å²) in [5, 5.41) is 2.85. The zero-order valence-electron chi connectivity index (χ0n) is 13.5. The molecule has 22 heavy (non-hydrogen) atoms. The first-order chi connectivity index (χ1) is 10.5. The van der Waals surface area contributed by atoms with Crippen LogP contribution in [0.2, 0.25) is 0 Å². The summed E-state index contributed by atoms with van der Waals surface area (Å²) in [6.45, 7) is 6.75. The molecule has 0 spiro atoms. The summed E-state index contributed by atoms with van der Waals surface area (Å²) >= 11 is 0. The van der Waals surface area contributed by atoms with Gasteiger partial charge < -0.3 is 10.1 Å². The van der Waals surface area contributed by atoms with Gasteiger partial charge in [0, 0.05) is 18.8 Å². The van der Waals surface area contributed by atoms with Crippen molar-refractivity contribution in [1.29, 1.82) is 0 Å². The van der Waals surface area contributed by atoms with Gasteiger partial charge in [0.1, 0.15) is 0 Å². The van der Waals surface area contributed by atoms with E-state index in [4.69, 9.17) is 0 Å². The Balaban J connectivity index is 1.93. The molecule has 120 valence electrons. The predicted molar refractivity (Wildman–Crippen MR) is 85.8 cm³/mol. The third-order valence-corrected chi connectivity index (χ3v) is 3.88. The maximum atomic E-state index is 12.2. The largest absolute Gasteiger partial charge is 0.465 e. The van der Waals surface area contributed by atoms with Gasteiger partial charge in [0.25, 0.3) is 0 Å². The number of benzene rings is 1. The molecule has 1 saturated heterocycles. The number of rotatable bonds is 4. The third kappa shape index (κ3) is 4.56. The van der Waals surface area contributed by atoms with Crippen molar-refractivity contribution >= 4 is 17.6 Å². The molecule has 0 radical (unpaired) electrons. The first-order valence-corrected chi connectivity index (χ1v) is 7.68. The van der Waals surface area contributed by atoms with E-state index in [1.54, 1.807) is 24.3 Å². The van der Waals surface area contributed by atoms with Crippen LogP contribution >= 0.6 is 0 Å². The van der Waals surface area contributed by atoms with Crippen molar-refractivity contribution in [3.8, 4) is 0 Å². The van der Waals surface area contributed by atoms with Gasteiger partial charge in [0.05, 0.1) is 19.2 Å². The van der Waals surface area contributed by atoms with Crippen molar-refractivity contribution in [2.75, 3.05) is 32.1 Å². The second kappa shape index (κ2) is 7.40. The zero-order chi connectivity index (χ0) is 16.1. The van der Waals surface area contributed by atoms with Crippen LogP contribution in [-0.4, -0.2) is 43.5 Å². The highest BCUT2D eigenvalue weighted by molar-refractivity contribution is 5.95. The van der Waals surface area contributed by atoms with Gasteiger partial charge in [-0.05, 0) is 36.5 Å². The van der Waals surface area contributed by atoms with Gasteiger partial charge in [-0.3, -0.25) is 9.69 Å². The maximum absolute atomic E-state index is 12.2. The van der Waals surface area contributed by atoms with Gasteiger partial charge in [-0.25, -0.2) is 4.79 Å².